The summed E-state index contributed by atoms with van der Waals surface area (Å²) in [6.45, 7) is -0.154. The number of nitrogens with two attached hydrogens (primary N) is 1. The van der Waals surface area contributed by atoms with Gasteiger partial charge in [-0.2, -0.15) is 13.2 Å². The maximum atomic E-state index is 13.3. The first kappa shape index (κ1) is 25.8. The molecule has 0 bridgehead atoms. The molecule has 37 heavy (non-hydrogen) atoms. The van der Waals surface area contributed by atoms with Gasteiger partial charge in [-0.25, -0.2) is 4.79 Å². The third-order valence-corrected chi connectivity index (χ3v) is 5.77. The number of amidine groups is 1. The number of halogens is 4. The summed E-state index contributed by atoms with van der Waals surface area (Å²) >= 11 is 5.89. The smallest absolute Gasteiger partial charge is 0.456 e. The first-order chi connectivity index (χ1) is 17.5. The summed E-state index contributed by atoms with van der Waals surface area (Å²) in [5.74, 6) is -3.33. The van der Waals surface area contributed by atoms with Crippen molar-refractivity contribution in [2.45, 2.75) is 19.3 Å². The molecule has 0 atom stereocenters. The van der Waals surface area contributed by atoms with Gasteiger partial charge in [-0.3, -0.25) is 10.2 Å². The zero-order valence-corrected chi connectivity index (χ0v) is 19.9. The van der Waals surface area contributed by atoms with E-state index >= 15 is 0 Å². The van der Waals surface area contributed by atoms with Crippen LogP contribution in [-0.2, 0) is 22.7 Å². The van der Waals surface area contributed by atoms with Gasteiger partial charge < -0.3 is 20.4 Å². The highest BCUT2D eigenvalue weighted by molar-refractivity contribution is 6.30. The molecule has 4 aromatic rings. The number of nitrogen functional groups attached to an aromatic ring is 1. The summed E-state index contributed by atoms with van der Waals surface area (Å²) in [6, 6.07) is 19.5. The lowest BCUT2D eigenvalue weighted by molar-refractivity contribution is -0.167. The number of aromatic nitrogens is 1. The fraction of sp³-hybridized carbons (Fsp3) is 0.115. The first-order valence-electron chi connectivity index (χ1n) is 10.9. The largest absolute Gasteiger partial charge is 0.471 e. The molecular formula is C26H20ClF3N4O3. The number of para-hydroxylation sites is 1. The Morgan fingerprint density at radius 1 is 1.00 bits per heavy atom. The van der Waals surface area contributed by atoms with Crippen LogP contribution in [0.5, 0.6) is 0 Å². The zero-order chi connectivity index (χ0) is 26.7. The van der Waals surface area contributed by atoms with E-state index in [1.54, 1.807) is 66.7 Å². The zero-order valence-electron chi connectivity index (χ0n) is 19.1. The van der Waals surface area contributed by atoms with Crippen molar-refractivity contribution >= 4 is 45.9 Å². The molecule has 0 aliphatic carbocycles. The minimum atomic E-state index is -5.18. The number of rotatable bonds is 7. The van der Waals surface area contributed by atoms with Crippen molar-refractivity contribution in [1.29, 1.82) is 5.41 Å². The number of carbonyl (C=O) groups is 2. The van der Waals surface area contributed by atoms with Gasteiger partial charge >= 0.3 is 18.1 Å². The molecule has 0 radical (unpaired) electrons. The number of hydrogen-bond donors (Lipinski definition) is 3. The monoisotopic (exact) mass is 528 g/mol. The standard InChI is InChI=1S/C26H20ClF3N4O3/c27-18-10-8-15(9-11-18)14-37-24(35)22-21(33-25(36)26(28,29)30)19-6-1-2-7-20(19)34(22)13-16-4-3-5-17(12-16)23(31)32/h1-12H,13-14H2,(H3,31,32)(H,33,36). The summed E-state index contributed by atoms with van der Waals surface area (Å²) < 4.78 is 46.4. The lowest BCUT2D eigenvalue weighted by atomic mass is 10.1. The number of nitrogens with one attached hydrogen (secondary N) is 2. The van der Waals surface area contributed by atoms with E-state index in [1.807, 2.05) is 5.32 Å². The summed E-state index contributed by atoms with van der Waals surface area (Å²) in [5.41, 5.74) is 7.07. The molecule has 4 N–H and O–H groups in total. The van der Waals surface area contributed by atoms with E-state index in [-0.39, 0.29) is 35.8 Å². The number of carbonyl (C=O) groups excluding carboxylic acids is 2. The third kappa shape index (κ3) is 5.75. The molecule has 0 saturated carbocycles. The van der Waals surface area contributed by atoms with E-state index in [4.69, 9.17) is 27.5 Å². The highest BCUT2D eigenvalue weighted by Crippen LogP contribution is 2.34. The van der Waals surface area contributed by atoms with Crippen LogP contribution in [0.1, 0.15) is 27.2 Å². The second-order valence-electron chi connectivity index (χ2n) is 8.10. The van der Waals surface area contributed by atoms with Crippen molar-refractivity contribution in [3.05, 3.63) is 100 Å². The number of anilines is 1. The molecule has 4 rings (SSSR count). The molecule has 3 aromatic carbocycles. The van der Waals surface area contributed by atoms with E-state index in [2.05, 4.69) is 0 Å². The Morgan fingerprint density at radius 3 is 2.38 bits per heavy atom. The molecule has 0 unspecified atom stereocenters. The second-order valence-corrected chi connectivity index (χ2v) is 8.53. The third-order valence-electron chi connectivity index (χ3n) is 5.52. The van der Waals surface area contributed by atoms with Crippen molar-refractivity contribution in [2.75, 3.05) is 5.32 Å². The van der Waals surface area contributed by atoms with Gasteiger partial charge in [0.2, 0.25) is 0 Å². The number of fused-ring (bicyclic) bond motifs is 1. The topological polar surface area (TPSA) is 110 Å². The molecule has 11 heteroatoms. The summed E-state index contributed by atoms with van der Waals surface area (Å²) in [6.07, 6.45) is -5.18. The molecular weight excluding hydrogens is 509 g/mol. The molecule has 7 nitrogen and oxygen atoms in total. The fourth-order valence-electron chi connectivity index (χ4n) is 3.81. The van der Waals surface area contributed by atoms with E-state index in [0.717, 1.165) is 0 Å². The van der Waals surface area contributed by atoms with Crippen LogP contribution in [0.15, 0.2) is 72.8 Å². The van der Waals surface area contributed by atoms with Gasteiger partial charge in [-0.05, 0) is 35.4 Å². The number of ether oxygens (including phenoxy) is 1. The van der Waals surface area contributed by atoms with Gasteiger partial charge in [0.05, 0.1) is 11.2 Å². The van der Waals surface area contributed by atoms with Gasteiger partial charge in [0, 0.05) is 22.5 Å². The SMILES string of the molecule is N=C(N)c1cccc(Cn2c(C(=O)OCc3ccc(Cl)cc3)c(NC(=O)C(F)(F)F)c3ccccc32)c1. The summed E-state index contributed by atoms with van der Waals surface area (Å²) in [7, 11) is 0. The van der Waals surface area contributed by atoms with Crippen molar-refractivity contribution in [3.63, 3.8) is 0 Å². The van der Waals surface area contributed by atoms with Gasteiger partial charge in [-0.15, -0.1) is 0 Å². The molecule has 1 aromatic heterocycles. The summed E-state index contributed by atoms with van der Waals surface area (Å²) in [4.78, 5) is 25.2. The Bertz CT molecular complexity index is 1500. The van der Waals surface area contributed by atoms with E-state index in [0.29, 0.717) is 27.2 Å². The fourth-order valence-corrected chi connectivity index (χ4v) is 3.93. The maximum absolute atomic E-state index is 13.3. The van der Waals surface area contributed by atoms with Crippen LogP contribution in [0.3, 0.4) is 0 Å². The second kappa shape index (κ2) is 10.4. The number of amides is 1. The van der Waals surface area contributed by atoms with E-state index in [9.17, 15) is 22.8 Å². The van der Waals surface area contributed by atoms with E-state index < -0.39 is 18.1 Å². The normalized spacial score (nSPS) is 11.4. The van der Waals surface area contributed by atoms with Crippen molar-refractivity contribution < 1.29 is 27.5 Å². The highest BCUT2D eigenvalue weighted by atomic mass is 35.5. The average molecular weight is 529 g/mol. The van der Waals surface area contributed by atoms with Crippen LogP contribution < -0.4 is 11.1 Å². The Morgan fingerprint density at radius 2 is 1.70 bits per heavy atom. The van der Waals surface area contributed by atoms with Crippen molar-refractivity contribution in [1.82, 2.24) is 4.57 Å². The Kier molecular flexibility index (Phi) is 7.21. The number of alkyl halides is 3. The minimum absolute atomic E-state index is 0.0227. The maximum Gasteiger partial charge on any atom is 0.471 e. The molecule has 1 amide bonds. The predicted octanol–water partition coefficient (Wildman–Crippen LogP) is 5.48. The molecule has 0 aliphatic rings. The summed E-state index contributed by atoms with van der Waals surface area (Å²) in [5, 5.41) is 10.2. The van der Waals surface area contributed by atoms with Crippen LogP contribution in [-0.4, -0.2) is 28.5 Å². The lowest BCUT2D eigenvalue weighted by Gasteiger charge is -2.14. The van der Waals surface area contributed by atoms with Gasteiger partial charge in [0.1, 0.15) is 12.4 Å². The highest BCUT2D eigenvalue weighted by Gasteiger charge is 2.40. The number of esters is 1. The van der Waals surface area contributed by atoms with Crippen molar-refractivity contribution in [3.8, 4) is 0 Å². The van der Waals surface area contributed by atoms with E-state index in [1.165, 1.54) is 10.6 Å². The van der Waals surface area contributed by atoms with Crippen LogP contribution in [0, 0.1) is 5.41 Å². The van der Waals surface area contributed by atoms with Crippen LogP contribution >= 0.6 is 11.6 Å². The number of hydrogen-bond acceptors (Lipinski definition) is 4. The quantitative estimate of drug-likeness (QED) is 0.167. The number of nitrogens with zero attached hydrogens (tertiary/aromatic N) is 1. The van der Waals surface area contributed by atoms with Gasteiger partial charge in [-0.1, -0.05) is 60.1 Å². The lowest BCUT2D eigenvalue weighted by Crippen LogP contribution is -2.30. The molecule has 0 aliphatic heterocycles. The minimum Gasteiger partial charge on any atom is -0.456 e. The molecule has 0 fully saturated rings. The van der Waals surface area contributed by atoms with Gasteiger partial charge in [0.15, 0.2) is 5.69 Å². The Hall–Kier alpha value is -4.31. The number of benzene rings is 3. The Labute approximate surface area is 214 Å². The molecule has 0 spiro atoms. The molecule has 190 valence electrons. The van der Waals surface area contributed by atoms with Crippen LogP contribution in [0.25, 0.3) is 10.9 Å². The van der Waals surface area contributed by atoms with Crippen LogP contribution in [0.4, 0.5) is 18.9 Å². The van der Waals surface area contributed by atoms with Crippen molar-refractivity contribution in [2.24, 2.45) is 5.73 Å². The van der Waals surface area contributed by atoms with Gasteiger partial charge in [0.25, 0.3) is 0 Å². The molecule has 0 saturated heterocycles. The van der Waals surface area contributed by atoms with Crippen LogP contribution in [0.2, 0.25) is 5.02 Å². The average Bonchev–Trinajstić information content (AvgIpc) is 3.16. The predicted molar refractivity (Wildman–Crippen MR) is 134 cm³/mol. The molecule has 1 heterocycles. The first-order valence-corrected chi connectivity index (χ1v) is 11.3. The Balaban J connectivity index is 1.81.